The highest BCUT2D eigenvalue weighted by Gasteiger charge is 2.31. The van der Waals surface area contributed by atoms with Crippen molar-refractivity contribution in [2.45, 2.75) is 33.4 Å². The van der Waals surface area contributed by atoms with Gasteiger partial charge in [0.2, 0.25) is 21.8 Å². The van der Waals surface area contributed by atoms with Gasteiger partial charge in [0, 0.05) is 28.7 Å². The second kappa shape index (κ2) is 12.3. The Labute approximate surface area is 210 Å². The molecule has 1 unspecified atom stereocenters. The van der Waals surface area contributed by atoms with E-state index >= 15 is 0 Å². The summed E-state index contributed by atoms with van der Waals surface area (Å²) in [6.07, 6.45) is 1.01. The lowest BCUT2D eigenvalue weighted by Gasteiger charge is -2.32. The predicted molar refractivity (Wildman–Crippen MR) is 135 cm³/mol. The molecule has 186 valence electrons. The Bertz CT molecular complexity index is 1110. The minimum absolute atomic E-state index is 0.0830. The fraction of sp³-hybridized carbons (Fsp3) is 0.391. The molecule has 0 aliphatic carbocycles. The number of carbonyl (C=O) groups excluding carboxylic acids is 2. The standard InChI is InChI=1S/C23H29Cl2N3O5S/c1-5-26-23(30)16(3)27(14-17-18(24)10-9-11-19(17)25)22(29)15-28(34(4,31)32)20-12-7-8-13-21(20)33-6-2/h7-13,16H,5-6,14-15H2,1-4H3,(H,26,30). The first-order valence-electron chi connectivity index (χ1n) is 10.7. The molecule has 1 atom stereocenters. The number of likely N-dealkylation sites (N-methyl/N-ethyl adjacent to an activating group) is 1. The number of anilines is 1. The van der Waals surface area contributed by atoms with Crippen molar-refractivity contribution in [1.82, 2.24) is 10.2 Å². The third-order valence-electron chi connectivity index (χ3n) is 5.02. The Hall–Kier alpha value is -2.49. The van der Waals surface area contributed by atoms with Gasteiger partial charge < -0.3 is 15.0 Å². The van der Waals surface area contributed by atoms with E-state index in [0.29, 0.717) is 34.5 Å². The molecule has 0 aliphatic rings. The maximum atomic E-state index is 13.5. The predicted octanol–water partition coefficient (Wildman–Crippen LogP) is 3.71. The van der Waals surface area contributed by atoms with Crippen LogP contribution < -0.4 is 14.4 Å². The van der Waals surface area contributed by atoms with Crippen LogP contribution in [-0.4, -0.2) is 57.1 Å². The van der Waals surface area contributed by atoms with E-state index in [1.54, 1.807) is 63.2 Å². The summed E-state index contributed by atoms with van der Waals surface area (Å²) in [7, 11) is -3.88. The van der Waals surface area contributed by atoms with Crippen molar-refractivity contribution < 1.29 is 22.7 Å². The molecule has 0 fully saturated rings. The Kier molecular flexibility index (Phi) is 10.0. The Morgan fingerprint density at radius 2 is 1.68 bits per heavy atom. The number of nitrogens with zero attached hydrogens (tertiary/aromatic N) is 2. The van der Waals surface area contributed by atoms with Crippen LogP contribution in [0.25, 0.3) is 0 Å². The highest BCUT2D eigenvalue weighted by molar-refractivity contribution is 7.92. The highest BCUT2D eigenvalue weighted by Crippen LogP contribution is 2.31. The van der Waals surface area contributed by atoms with E-state index in [9.17, 15) is 18.0 Å². The van der Waals surface area contributed by atoms with Crippen molar-refractivity contribution in [3.05, 3.63) is 58.1 Å². The fourth-order valence-electron chi connectivity index (χ4n) is 3.29. The van der Waals surface area contributed by atoms with E-state index in [1.807, 2.05) is 0 Å². The molecule has 1 N–H and O–H groups in total. The molecule has 8 nitrogen and oxygen atoms in total. The topological polar surface area (TPSA) is 96.0 Å². The van der Waals surface area contributed by atoms with Crippen LogP contribution in [0.1, 0.15) is 26.3 Å². The first-order valence-corrected chi connectivity index (χ1v) is 13.3. The summed E-state index contributed by atoms with van der Waals surface area (Å²) in [5.41, 5.74) is 0.678. The Morgan fingerprint density at radius 1 is 1.06 bits per heavy atom. The van der Waals surface area contributed by atoms with Gasteiger partial charge in [-0.1, -0.05) is 41.4 Å². The van der Waals surface area contributed by atoms with Crippen LogP contribution in [0.3, 0.4) is 0 Å². The average molecular weight is 530 g/mol. The van der Waals surface area contributed by atoms with Gasteiger partial charge in [0.05, 0.1) is 18.6 Å². The normalized spacial score (nSPS) is 12.1. The molecule has 2 amide bonds. The molecular formula is C23H29Cl2N3O5S. The van der Waals surface area contributed by atoms with Gasteiger partial charge in [-0.3, -0.25) is 13.9 Å². The molecule has 0 aliphatic heterocycles. The highest BCUT2D eigenvalue weighted by atomic mass is 35.5. The third kappa shape index (κ3) is 7.01. The van der Waals surface area contributed by atoms with Crippen LogP contribution in [0.2, 0.25) is 10.0 Å². The number of para-hydroxylation sites is 2. The number of carbonyl (C=O) groups is 2. The molecule has 34 heavy (non-hydrogen) atoms. The quantitative estimate of drug-likeness (QED) is 0.478. The molecular weight excluding hydrogens is 501 g/mol. The summed E-state index contributed by atoms with van der Waals surface area (Å²) < 4.78 is 31.9. The number of rotatable bonds is 11. The Balaban J connectivity index is 2.49. The van der Waals surface area contributed by atoms with Gasteiger partial charge in [0.25, 0.3) is 0 Å². The number of amides is 2. The van der Waals surface area contributed by atoms with Crippen molar-refractivity contribution >= 4 is 50.7 Å². The summed E-state index contributed by atoms with van der Waals surface area (Å²) in [5.74, 6) is -0.674. The molecule has 0 bridgehead atoms. The molecule has 0 radical (unpaired) electrons. The zero-order valence-corrected chi connectivity index (χ0v) is 21.9. The number of benzene rings is 2. The molecule has 2 aromatic carbocycles. The van der Waals surface area contributed by atoms with E-state index in [0.717, 1.165) is 10.6 Å². The minimum Gasteiger partial charge on any atom is -0.492 e. The first kappa shape index (κ1) is 27.8. The number of halogens is 2. The zero-order valence-electron chi connectivity index (χ0n) is 19.5. The molecule has 2 rings (SSSR count). The summed E-state index contributed by atoms with van der Waals surface area (Å²) >= 11 is 12.6. The van der Waals surface area contributed by atoms with Crippen molar-refractivity contribution in [2.24, 2.45) is 0 Å². The van der Waals surface area contributed by atoms with Crippen molar-refractivity contribution in [1.29, 1.82) is 0 Å². The molecule has 0 saturated heterocycles. The number of ether oxygens (including phenoxy) is 1. The van der Waals surface area contributed by atoms with Crippen LogP contribution in [-0.2, 0) is 26.2 Å². The maximum Gasteiger partial charge on any atom is 0.244 e. The SMILES string of the molecule is CCNC(=O)C(C)N(Cc1c(Cl)cccc1Cl)C(=O)CN(c1ccccc1OCC)S(C)(=O)=O. The van der Waals surface area contributed by atoms with E-state index < -0.39 is 28.5 Å². The number of nitrogens with one attached hydrogen (secondary N) is 1. The second-order valence-corrected chi connectivity index (χ2v) is 10.2. The van der Waals surface area contributed by atoms with Crippen LogP contribution in [0, 0.1) is 0 Å². The smallest absolute Gasteiger partial charge is 0.244 e. The molecule has 0 saturated carbocycles. The minimum atomic E-state index is -3.88. The van der Waals surface area contributed by atoms with E-state index in [-0.39, 0.29) is 18.1 Å². The van der Waals surface area contributed by atoms with Crippen LogP contribution in [0.15, 0.2) is 42.5 Å². The lowest BCUT2D eigenvalue weighted by molar-refractivity contribution is -0.139. The molecule has 0 aromatic heterocycles. The van der Waals surface area contributed by atoms with Gasteiger partial charge >= 0.3 is 0 Å². The zero-order chi connectivity index (χ0) is 25.5. The van der Waals surface area contributed by atoms with E-state index in [1.165, 1.54) is 4.90 Å². The largest absolute Gasteiger partial charge is 0.492 e. The summed E-state index contributed by atoms with van der Waals surface area (Å²) in [5, 5.41) is 3.34. The number of hydrogen-bond donors (Lipinski definition) is 1. The third-order valence-corrected chi connectivity index (χ3v) is 6.86. The van der Waals surface area contributed by atoms with E-state index in [2.05, 4.69) is 5.32 Å². The maximum absolute atomic E-state index is 13.5. The molecule has 11 heteroatoms. The molecule has 0 heterocycles. The molecule has 0 spiro atoms. The van der Waals surface area contributed by atoms with Crippen LogP contribution in [0.5, 0.6) is 5.75 Å². The average Bonchev–Trinajstić information content (AvgIpc) is 2.77. The van der Waals surface area contributed by atoms with Gasteiger partial charge in [-0.25, -0.2) is 8.42 Å². The van der Waals surface area contributed by atoms with Crippen molar-refractivity contribution in [3.8, 4) is 5.75 Å². The summed E-state index contributed by atoms with van der Waals surface area (Å²) in [6, 6.07) is 10.6. The van der Waals surface area contributed by atoms with Crippen molar-refractivity contribution in [3.63, 3.8) is 0 Å². The van der Waals surface area contributed by atoms with Gasteiger partial charge in [-0.2, -0.15) is 0 Å². The monoisotopic (exact) mass is 529 g/mol. The number of hydrogen-bond acceptors (Lipinski definition) is 5. The Morgan fingerprint density at radius 3 is 2.24 bits per heavy atom. The van der Waals surface area contributed by atoms with Gasteiger partial charge in [0.1, 0.15) is 18.3 Å². The van der Waals surface area contributed by atoms with Gasteiger partial charge in [-0.05, 0) is 45.0 Å². The summed E-state index contributed by atoms with van der Waals surface area (Å²) in [4.78, 5) is 27.4. The lowest BCUT2D eigenvalue weighted by atomic mass is 10.1. The molecule has 2 aromatic rings. The van der Waals surface area contributed by atoms with Crippen LogP contribution >= 0.6 is 23.2 Å². The van der Waals surface area contributed by atoms with Gasteiger partial charge in [-0.15, -0.1) is 0 Å². The summed E-state index contributed by atoms with van der Waals surface area (Å²) in [6.45, 7) is 5.15. The van der Waals surface area contributed by atoms with Crippen LogP contribution in [0.4, 0.5) is 5.69 Å². The van der Waals surface area contributed by atoms with E-state index in [4.69, 9.17) is 27.9 Å². The number of sulfonamides is 1. The van der Waals surface area contributed by atoms with Gasteiger partial charge in [0.15, 0.2) is 0 Å². The van der Waals surface area contributed by atoms with Crippen molar-refractivity contribution in [2.75, 3.05) is 30.3 Å². The lowest BCUT2D eigenvalue weighted by Crippen LogP contribution is -2.51. The first-order chi connectivity index (χ1) is 16.0. The second-order valence-electron chi connectivity index (χ2n) is 7.46. The fourth-order valence-corrected chi connectivity index (χ4v) is 4.66.